The Morgan fingerprint density at radius 2 is 1.87 bits per heavy atom. The van der Waals surface area contributed by atoms with E-state index in [1.807, 2.05) is 0 Å². The van der Waals surface area contributed by atoms with Crippen molar-refractivity contribution in [3.8, 4) is 0 Å². The molecule has 23 heavy (non-hydrogen) atoms. The lowest BCUT2D eigenvalue weighted by atomic mass is 10.1. The van der Waals surface area contributed by atoms with E-state index in [1.54, 1.807) is 0 Å². The maximum absolute atomic E-state index is 12.3. The Morgan fingerprint density at radius 3 is 2.48 bits per heavy atom. The standard InChI is InChI=1S/C19H31N3O/c1-14(2)13-20-19(23)17(5)21-9-11-22(12-10-21)18-8-6-7-15(3)16(18)4/h6-8,14,17H,9-13H2,1-5H3,(H,20,23)/p+1/t17-/m0/s1. The number of carbonyl (C=O) groups excluding carboxylic acids is 1. The summed E-state index contributed by atoms with van der Waals surface area (Å²) in [6, 6.07) is 6.56. The maximum atomic E-state index is 12.3. The molecule has 0 radical (unpaired) electrons. The first-order valence-electron chi connectivity index (χ1n) is 8.83. The van der Waals surface area contributed by atoms with Crippen LogP contribution in [0.25, 0.3) is 0 Å². The highest BCUT2D eigenvalue weighted by molar-refractivity contribution is 5.79. The van der Waals surface area contributed by atoms with Crippen LogP contribution < -0.4 is 15.1 Å². The largest absolute Gasteiger partial charge is 0.360 e. The molecule has 4 nitrogen and oxygen atoms in total. The van der Waals surface area contributed by atoms with E-state index >= 15 is 0 Å². The molecule has 1 aliphatic heterocycles. The summed E-state index contributed by atoms with van der Waals surface area (Å²) in [4.78, 5) is 16.1. The molecule has 1 fully saturated rings. The average Bonchev–Trinajstić information content (AvgIpc) is 2.54. The van der Waals surface area contributed by atoms with Crippen LogP contribution in [0.4, 0.5) is 5.69 Å². The third-order valence-corrected chi connectivity index (χ3v) is 5.01. The van der Waals surface area contributed by atoms with Gasteiger partial charge in [0.05, 0.1) is 26.2 Å². The number of hydrogen-bond donors (Lipinski definition) is 2. The first-order valence-corrected chi connectivity index (χ1v) is 8.83. The number of carbonyl (C=O) groups is 1. The smallest absolute Gasteiger partial charge is 0.278 e. The van der Waals surface area contributed by atoms with Gasteiger partial charge in [-0.3, -0.25) is 4.79 Å². The van der Waals surface area contributed by atoms with E-state index in [1.165, 1.54) is 21.7 Å². The number of anilines is 1. The van der Waals surface area contributed by atoms with E-state index in [9.17, 15) is 4.79 Å². The lowest BCUT2D eigenvalue weighted by molar-refractivity contribution is -0.914. The summed E-state index contributed by atoms with van der Waals surface area (Å²) < 4.78 is 0. The molecule has 1 amide bonds. The highest BCUT2D eigenvalue weighted by atomic mass is 16.2. The van der Waals surface area contributed by atoms with Crippen LogP contribution in [0.5, 0.6) is 0 Å². The van der Waals surface area contributed by atoms with Crippen LogP contribution in [-0.2, 0) is 4.79 Å². The van der Waals surface area contributed by atoms with E-state index < -0.39 is 0 Å². The number of amides is 1. The van der Waals surface area contributed by atoms with Gasteiger partial charge in [-0.05, 0) is 43.9 Å². The Kier molecular flexibility index (Phi) is 6.05. The van der Waals surface area contributed by atoms with Crippen molar-refractivity contribution in [1.29, 1.82) is 0 Å². The van der Waals surface area contributed by atoms with Gasteiger partial charge in [-0.2, -0.15) is 0 Å². The van der Waals surface area contributed by atoms with Gasteiger partial charge in [0.25, 0.3) is 5.91 Å². The zero-order chi connectivity index (χ0) is 17.0. The average molecular weight is 318 g/mol. The first kappa shape index (κ1) is 17.8. The van der Waals surface area contributed by atoms with Gasteiger partial charge in [0.2, 0.25) is 0 Å². The highest BCUT2D eigenvalue weighted by Crippen LogP contribution is 2.22. The molecule has 1 saturated heterocycles. The van der Waals surface area contributed by atoms with Crippen molar-refractivity contribution >= 4 is 11.6 Å². The third-order valence-electron chi connectivity index (χ3n) is 5.01. The van der Waals surface area contributed by atoms with E-state index in [2.05, 4.69) is 63.0 Å². The van der Waals surface area contributed by atoms with Crippen molar-refractivity contribution in [2.24, 2.45) is 5.92 Å². The van der Waals surface area contributed by atoms with E-state index in [0.717, 1.165) is 32.7 Å². The van der Waals surface area contributed by atoms with Crippen LogP contribution >= 0.6 is 0 Å². The van der Waals surface area contributed by atoms with Gasteiger partial charge in [0.15, 0.2) is 6.04 Å². The Hall–Kier alpha value is -1.55. The minimum absolute atomic E-state index is 0.0366. The number of nitrogens with zero attached hydrogens (tertiary/aromatic N) is 1. The molecule has 1 aromatic rings. The number of benzene rings is 1. The zero-order valence-electron chi connectivity index (χ0n) is 15.3. The van der Waals surface area contributed by atoms with Crippen molar-refractivity contribution in [2.45, 2.75) is 40.7 Å². The molecular formula is C19H32N3O+. The van der Waals surface area contributed by atoms with E-state index in [0.29, 0.717) is 5.92 Å². The van der Waals surface area contributed by atoms with Gasteiger partial charge in [-0.25, -0.2) is 0 Å². The third kappa shape index (κ3) is 4.47. The number of rotatable bonds is 5. The Morgan fingerprint density at radius 1 is 1.22 bits per heavy atom. The summed E-state index contributed by atoms with van der Waals surface area (Å²) in [7, 11) is 0. The molecule has 1 aliphatic rings. The summed E-state index contributed by atoms with van der Waals surface area (Å²) in [5.41, 5.74) is 4.07. The second kappa shape index (κ2) is 7.82. The molecule has 0 spiro atoms. The van der Waals surface area contributed by atoms with E-state index in [-0.39, 0.29) is 11.9 Å². The van der Waals surface area contributed by atoms with Crippen LogP contribution in [0.15, 0.2) is 18.2 Å². The Labute approximate surface area is 140 Å². The topological polar surface area (TPSA) is 36.8 Å². The first-order chi connectivity index (χ1) is 10.9. The van der Waals surface area contributed by atoms with Crippen LogP contribution in [0, 0.1) is 19.8 Å². The number of aryl methyl sites for hydroxylation is 1. The number of hydrogen-bond acceptors (Lipinski definition) is 2. The number of nitrogens with one attached hydrogen (secondary N) is 2. The van der Waals surface area contributed by atoms with Crippen molar-refractivity contribution in [2.75, 3.05) is 37.6 Å². The zero-order valence-corrected chi connectivity index (χ0v) is 15.3. The SMILES string of the molecule is Cc1cccc(N2CC[NH+]([C@@H](C)C(=O)NCC(C)C)CC2)c1C. The van der Waals surface area contributed by atoms with Crippen molar-refractivity contribution in [1.82, 2.24) is 5.32 Å². The molecule has 1 aromatic carbocycles. The molecule has 128 valence electrons. The van der Waals surface area contributed by atoms with Crippen LogP contribution in [0.1, 0.15) is 31.9 Å². The van der Waals surface area contributed by atoms with Gasteiger partial charge in [-0.1, -0.05) is 26.0 Å². The van der Waals surface area contributed by atoms with Crippen LogP contribution in [-0.4, -0.2) is 44.7 Å². The summed E-state index contributed by atoms with van der Waals surface area (Å²) in [6.45, 7) is 15.5. The van der Waals surface area contributed by atoms with Gasteiger partial charge in [0.1, 0.15) is 0 Å². The highest BCUT2D eigenvalue weighted by Gasteiger charge is 2.29. The molecule has 0 bridgehead atoms. The predicted molar refractivity (Wildman–Crippen MR) is 96.1 cm³/mol. The number of quaternary nitrogens is 1. The van der Waals surface area contributed by atoms with Crippen LogP contribution in [0.3, 0.4) is 0 Å². The predicted octanol–water partition coefficient (Wildman–Crippen LogP) is 1.17. The maximum Gasteiger partial charge on any atom is 0.278 e. The monoisotopic (exact) mass is 318 g/mol. The molecular weight excluding hydrogens is 286 g/mol. The number of piperazine rings is 1. The summed E-state index contributed by atoms with van der Waals surface area (Å²) in [5.74, 6) is 0.691. The second-order valence-electron chi connectivity index (χ2n) is 7.23. The van der Waals surface area contributed by atoms with Gasteiger partial charge in [0, 0.05) is 12.2 Å². The molecule has 1 atom stereocenters. The van der Waals surface area contributed by atoms with Gasteiger partial charge < -0.3 is 15.1 Å². The second-order valence-corrected chi connectivity index (χ2v) is 7.23. The van der Waals surface area contributed by atoms with E-state index in [4.69, 9.17) is 0 Å². The minimum Gasteiger partial charge on any atom is -0.360 e. The molecule has 2 N–H and O–H groups in total. The Bertz CT molecular complexity index is 533. The fourth-order valence-corrected chi connectivity index (χ4v) is 3.19. The minimum atomic E-state index is 0.0366. The molecule has 4 heteroatoms. The molecule has 0 saturated carbocycles. The quantitative estimate of drug-likeness (QED) is 0.855. The summed E-state index contributed by atoms with van der Waals surface area (Å²) in [6.07, 6.45) is 0. The van der Waals surface area contributed by atoms with Gasteiger partial charge >= 0.3 is 0 Å². The molecule has 0 aliphatic carbocycles. The van der Waals surface area contributed by atoms with Crippen molar-refractivity contribution in [3.05, 3.63) is 29.3 Å². The van der Waals surface area contributed by atoms with Crippen molar-refractivity contribution in [3.63, 3.8) is 0 Å². The van der Waals surface area contributed by atoms with Crippen LogP contribution in [0.2, 0.25) is 0 Å². The lowest BCUT2D eigenvalue weighted by Crippen LogP contribution is -3.19. The summed E-state index contributed by atoms with van der Waals surface area (Å²) >= 11 is 0. The fraction of sp³-hybridized carbons (Fsp3) is 0.632. The molecule has 2 rings (SSSR count). The molecule has 0 unspecified atom stereocenters. The normalized spacial score (nSPS) is 17.4. The van der Waals surface area contributed by atoms with Gasteiger partial charge in [-0.15, -0.1) is 0 Å². The molecule has 0 aromatic heterocycles. The Balaban J connectivity index is 1.90. The lowest BCUT2D eigenvalue weighted by Gasteiger charge is -2.36. The fourth-order valence-electron chi connectivity index (χ4n) is 3.19. The van der Waals surface area contributed by atoms with Crippen molar-refractivity contribution < 1.29 is 9.69 Å². The molecule has 1 heterocycles. The summed E-state index contributed by atoms with van der Waals surface area (Å²) in [5, 5.41) is 3.07.